The smallest absolute Gasteiger partial charge is 0.155 e. The highest BCUT2D eigenvalue weighted by atomic mass is 32.2. The molecular weight excluding hydrogens is 210 g/mol. The van der Waals surface area contributed by atoms with Crippen LogP contribution in [0.2, 0.25) is 0 Å². The molecule has 0 aromatic rings. The maximum Gasteiger partial charge on any atom is 0.155 e. The fourth-order valence-electron chi connectivity index (χ4n) is 2.89. The highest BCUT2D eigenvalue weighted by molar-refractivity contribution is 7.92. The second kappa shape index (κ2) is 4.42. The van der Waals surface area contributed by atoms with E-state index in [-0.39, 0.29) is 5.25 Å². The van der Waals surface area contributed by atoms with Crippen molar-refractivity contribution < 1.29 is 8.42 Å². The van der Waals surface area contributed by atoms with Crippen LogP contribution in [0.3, 0.4) is 0 Å². The summed E-state index contributed by atoms with van der Waals surface area (Å²) in [5.74, 6) is 0.802. The number of hydrogen-bond acceptors (Lipinski definition) is 3. The van der Waals surface area contributed by atoms with Crippen LogP contribution in [0.5, 0.6) is 0 Å². The molecule has 0 N–H and O–H groups in total. The monoisotopic (exact) mass is 231 g/mol. The van der Waals surface area contributed by atoms with E-state index in [1.807, 2.05) is 7.05 Å². The van der Waals surface area contributed by atoms with Crippen LogP contribution < -0.4 is 0 Å². The third-order valence-corrected chi connectivity index (χ3v) is 6.09. The lowest BCUT2D eigenvalue weighted by Crippen LogP contribution is -2.48. The largest absolute Gasteiger partial charge is 0.304 e. The molecule has 0 bridgehead atoms. The van der Waals surface area contributed by atoms with Crippen molar-refractivity contribution in [3.63, 3.8) is 0 Å². The minimum Gasteiger partial charge on any atom is -0.304 e. The van der Waals surface area contributed by atoms with E-state index in [2.05, 4.69) is 4.90 Å². The van der Waals surface area contributed by atoms with Gasteiger partial charge in [-0.25, -0.2) is 8.42 Å². The highest BCUT2D eigenvalue weighted by Gasteiger charge is 2.37. The summed E-state index contributed by atoms with van der Waals surface area (Å²) in [5, 5.41) is -0.0726. The van der Waals surface area contributed by atoms with Gasteiger partial charge >= 0.3 is 0 Å². The van der Waals surface area contributed by atoms with Gasteiger partial charge in [-0.2, -0.15) is 0 Å². The summed E-state index contributed by atoms with van der Waals surface area (Å²) in [6.07, 6.45) is 5.98. The lowest BCUT2D eigenvalue weighted by molar-refractivity contribution is 0.261. The van der Waals surface area contributed by atoms with E-state index in [1.165, 1.54) is 19.3 Å². The van der Waals surface area contributed by atoms with E-state index in [1.54, 1.807) is 0 Å². The summed E-state index contributed by atoms with van der Waals surface area (Å²) in [5.41, 5.74) is 0. The first-order valence-corrected chi connectivity index (χ1v) is 7.71. The summed E-state index contributed by atoms with van der Waals surface area (Å²) in [6.45, 7) is 1.47. The van der Waals surface area contributed by atoms with Crippen LogP contribution in [0.25, 0.3) is 0 Å². The molecule has 3 nitrogen and oxygen atoms in total. The molecule has 1 aliphatic heterocycles. The minimum absolute atomic E-state index is 0.0726. The molecule has 0 aromatic carbocycles. The van der Waals surface area contributed by atoms with Crippen molar-refractivity contribution in [3.8, 4) is 0 Å². The van der Waals surface area contributed by atoms with Crippen molar-refractivity contribution >= 4 is 9.84 Å². The first-order valence-electron chi connectivity index (χ1n) is 6.00. The molecule has 1 heterocycles. The third-order valence-electron chi connectivity index (χ3n) is 3.89. The molecule has 4 heteroatoms. The molecular formula is C11H21NO2S. The first kappa shape index (κ1) is 11.4. The Morgan fingerprint density at radius 3 is 2.47 bits per heavy atom. The summed E-state index contributed by atoms with van der Waals surface area (Å²) < 4.78 is 24.0. The van der Waals surface area contributed by atoms with Gasteiger partial charge in [0.1, 0.15) is 0 Å². The van der Waals surface area contributed by atoms with Crippen LogP contribution in [0, 0.1) is 5.92 Å². The van der Waals surface area contributed by atoms with E-state index in [4.69, 9.17) is 0 Å². The van der Waals surface area contributed by atoms with Crippen LogP contribution in [-0.2, 0) is 9.84 Å². The lowest BCUT2D eigenvalue weighted by Gasteiger charge is -2.36. The van der Waals surface area contributed by atoms with Gasteiger partial charge in [-0.05, 0) is 25.8 Å². The van der Waals surface area contributed by atoms with Gasteiger partial charge in [0.2, 0.25) is 0 Å². The zero-order valence-corrected chi connectivity index (χ0v) is 10.3. The molecule has 2 rings (SSSR count). The van der Waals surface area contributed by atoms with Gasteiger partial charge in [0.05, 0.1) is 11.0 Å². The van der Waals surface area contributed by atoms with Gasteiger partial charge in [-0.1, -0.05) is 19.3 Å². The van der Waals surface area contributed by atoms with Gasteiger partial charge in [-0.3, -0.25) is 0 Å². The molecule has 1 saturated carbocycles. The Balaban J connectivity index is 2.09. The van der Waals surface area contributed by atoms with Crippen molar-refractivity contribution in [3.05, 3.63) is 0 Å². The van der Waals surface area contributed by atoms with Crippen LogP contribution >= 0.6 is 0 Å². The molecule has 1 atom stereocenters. The second-order valence-electron chi connectivity index (χ2n) is 5.07. The van der Waals surface area contributed by atoms with Crippen molar-refractivity contribution in [1.82, 2.24) is 4.90 Å². The van der Waals surface area contributed by atoms with Gasteiger partial charge < -0.3 is 4.90 Å². The molecule has 0 spiro atoms. The van der Waals surface area contributed by atoms with Crippen LogP contribution in [-0.4, -0.2) is 44.5 Å². The molecule has 2 fully saturated rings. The molecule has 0 radical (unpaired) electrons. The summed E-state index contributed by atoms with van der Waals surface area (Å²) in [7, 11) is -0.766. The number of rotatable bonds is 1. The van der Waals surface area contributed by atoms with E-state index in [0.29, 0.717) is 18.2 Å². The molecule has 1 saturated heterocycles. The average molecular weight is 231 g/mol. The predicted molar refractivity (Wildman–Crippen MR) is 61.6 cm³/mol. The second-order valence-corrected chi connectivity index (χ2v) is 7.41. The van der Waals surface area contributed by atoms with Crippen LogP contribution in [0.4, 0.5) is 0 Å². The topological polar surface area (TPSA) is 37.4 Å². The Bertz CT molecular complexity index is 307. The summed E-state index contributed by atoms with van der Waals surface area (Å²) in [4.78, 5) is 2.17. The standard InChI is InChI=1S/C11H21NO2S/c1-12-7-8-15(13,14)11(9-12)10-5-3-2-4-6-10/h10-11H,2-9H2,1H3/t11-/m1/s1. The highest BCUT2D eigenvalue weighted by Crippen LogP contribution is 2.31. The molecule has 0 aromatic heterocycles. The average Bonchev–Trinajstić information content (AvgIpc) is 2.23. The fourth-order valence-corrected chi connectivity index (χ4v) is 5.10. The van der Waals surface area contributed by atoms with Gasteiger partial charge in [-0.15, -0.1) is 0 Å². The fraction of sp³-hybridized carbons (Fsp3) is 1.00. The van der Waals surface area contributed by atoms with Crippen LogP contribution in [0.1, 0.15) is 32.1 Å². The molecule has 88 valence electrons. The Labute approximate surface area is 92.8 Å². The van der Waals surface area contributed by atoms with Crippen molar-refractivity contribution in [2.24, 2.45) is 5.92 Å². The van der Waals surface area contributed by atoms with Crippen LogP contribution in [0.15, 0.2) is 0 Å². The van der Waals surface area contributed by atoms with Crippen molar-refractivity contribution in [1.29, 1.82) is 0 Å². The zero-order valence-electron chi connectivity index (χ0n) is 9.48. The van der Waals surface area contributed by atoms with E-state index >= 15 is 0 Å². The molecule has 0 amide bonds. The van der Waals surface area contributed by atoms with E-state index in [0.717, 1.165) is 19.4 Å². The third kappa shape index (κ3) is 2.53. The maximum atomic E-state index is 12.0. The quantitative estimate of drug-likeness (QED) is 0.682. The molecule has 2 aliphatic rings. The zero-order chi connectivity index (χ0) is 10.9. The first-order chi connectivity index (χ1) is 7.09. The molecule has 15 heavy (non-hydrogen) atoms. The Morgan fingerprint density at radius 1 is 1.13 bits per heavy atom. The SMILES string of the molecule is CN1CCS(=O)(=O)[C@@H](C2CCCCC2)C1. The van der Waals surface area contributed by atoms with Crippen molar-refractivity contribution in [2.75, 3.05) is 25.9 Å². The summed E-state index contributed by atoms with van der Waals surface area (Å²) >= 11 is 0. The Hall–Kier alpha value is -0.0900. The van der Waals surface area contributed by atoms with Gasteiger partial charge in [0, 0.05) is 13.1 Å². The Kier molecular flexibility index (Phi) is 3.36. The maximum absolute atomic E-state index is 12.0. The van der Waals surface area contributed by atoms with Gasteiger partial charge in [0.15, 0.2) is 9.84 Å². The van der Waals surface area contributed by atoms with E-state index < -0.39 is 9.84 Å². The van der Waals surface area contributed by atoms with Crippen molar-refractivity contribution in [2.45, 2.75) is 37.4 Å². The minimum atomic E-state index is -2.80. The number of sulfone groups is 1. The number of hydrogen-bond donors (Lipinski definition) is 0. The van der Waals surface area contributed by atoms with E-state index in [9.17, 15) is 8.42 Å². The lowest BCUT2D eigenvalue weighted by atomic mass is 9.86. The molecule has 1 aliphatic carbocycles. The molecule has 0 unspecified atom stereocenters. The Morgan fingerprint density at radius 2 is 1.80 bits per heavy atom. The van der Waals surface area contributed by atoms with Gasteiger partial charge in [0.25, 0.3) is 0 Å². The summed E-state index contributed by atoms with van der Waals surface area (Å²) in [6, 6.07) is 0. The number of nitrogens with zero attached hydrogens (tertiary/aromatic N) is 1. The normalized spacial score (nSPS) is 34.1. The predicted octanol–water partition coefficient (Wildman–Crippen LogP) is 1.30.